The van der Waals surface area contributed by atoms with Crippen molar-refractivity contribution in [3.63, 3.8) is 0 Å². The molecule has 1 aliphatic heterocycles. The Morgan fingerprint density at radius 3 is 2.60 bits per heavy atom. The standard InChI is InChI=1S/C9H20O4SSi/c1-4-5-6-15(2,3)13-9-7-12-14(10,11)8-9/h9H,4-8H2,1-3H3. The van der Waals surface area contributed by atoms with Crippen LogP contribution in [-0.2, 0) is 18.7 Å². The molecule has 1 rings (SSSR count). The second-order valence-corrected chi connectivity index (χ2v) is 10.6. The molecule has 0 aliphatic carbocycles. The normalized spacial score (nSPS) is 25.7. The fourth-order valence-electron chi connectivity index (χ4n) is 1.68. The number of hydrogen-bond donors (Lipinski definition) is 0. The summed E-state index contributed by atoms with van der Waals surface area (Å²) >= 11 is 0. The minimum atomic E-state index is -3.29. The van der Waals surface area contributed by atoms with Gasteiger partial charge in [-0.25, -0.2) is 0 Å². The fraction of sp³-hybridized carbons (Fsp3) is 1.00. The van der Waals surface area contributed by atoms with E-state index in [1.165, 1.54) is 0 Å². The molecule has 0 radical (unpaired) electrons. The summed E-state index contributed by atoms with van der Waals surface area (Å²) in [6, 6.07) is 1.08. The first-order chi connectivity index (χ1) is 6.85. The van der Waals surface area contributed by atoms with Crippen LogP contribution >= 0.6 is 0 Å². The van der Waals surface area contributed by atoms with Gasteiger partial charge in [0.1, 0.15) is 5.75 Å². The van der Waals surface area contributed by atoms with Crippen LogP contribution in [0.15, 0.2) is 0 Å². The van der Waals surface area contributed by atoms with Gasteiger partial charge in [0.2, 0.25) is 0 Å². The van der Waals surface area contributed by atoms with Crippen LogP contribution in [0.2, 0.25) is 19.1 Å². The molecule has 6 heteroatoms. The van der Waals surface area contributed by atoms with Crippen LogP contribution in [0, 0.1) is 0 Å². The van der Waals surface area contributed by atoms with E-state index in [4.69, 9.17) is 4.43 Å². The van der Waals surface area contributed by atoms with Gasteiger partial charge in [0.05, 0.1) is 12.7 Å². The molecule has 1 fully saturated rings. The van der Waals surface area contributed by atoms with Crippen molar-refractivity contribution < 1.29 is 17.0 Å². The first kappa shape index (κ1) is 13.2. The van der Waals surface area contributed by atoms with Crippen LogP contribution in [-0.4, -0.2) is 35.2 Å². The van der Waals surface area contributed by atoms with Crippen LogP contribution in [0.1, 0.15) is 19.8 Å². The number of hydrogen-bond acceptors (Lipinski definition) is 4. The fourth-order valence-corrected chi connectivity index (χ4v) is 5.26. The summed E-state index contributed by atoms with van der Waals surface area (Å²) < 4.78 is 32.7. The SMILES string of the molecule is CCCC[Si](C)(C)OC1COS(=O)(=O)C1. The maximum absolute atomic E-state index is 11.1. The van der Waals surface area contributed by atoms with Crippen molar-refractivity contribution in [2.45, 2.75) is 45.0 Å². The van der Waals surface area contributed by atoms with E-state index in [1.807, 2.05) is 0 Å². The summed E-state index contributed by atoms with van der Waals surface area (Å²) in [5.74, 6) is 0.0234. The lowest BCUT2D eigenvalue weighted by molar-refractivity contribution is 0.170. The monoisotopic (exact) mass is 252 g/mol. The molecule has 0 N–H and O–H groups in total. The van der Waals surface area contributed by atoms with Crippen molar-refractivity contribution in [3.05, 3.63) is 0 Å². The molecule has 1 saturated heterocycles. The first-order valence-electron chi connectivity index (χ1n) is 5.39. The second kappa shape index (κ2) is 4.95. The average molecular weight is 252 g/mol. The van der Waals surface area contributed by atoms with E-state index in [0.717, 1.165) is 18.9 Å². The van der Waals surface area contributed by atoms with Gasteiger partial charge in [-0.1, -0.05) is 19.8 Å². The molecule has 90 valence electrons. The predicted octanol–water partition coefficient (Wildman–Crippen LogP) is 1.74. The van der Waals surface area contributed by atoms with Crippen molar-refractivity contribution in [1.82, 2.24) is 0 Å². The van der Waals surface area contributed by atoms with Gasteiger partial charge in [-0.05, 0) is 19.1 Å². The zero-order chi connectivity index (χ0) is 11.5. The van der Waals surface area contributed by atoms with E-state index in [2.05, 4.69) is 24.2 Å². The van der Waals surface area contributed by atoms with Gasteiger partial charge in [-0.2, -0.15) is 8.42 Å². The van der Waals surface area contributed by atoms with Crippen LogP contribution in [0.5, 0.6) is 0 Å². The zero-order valence-corrected chi connectivity index (χ0v) is 11.5. The van der Waals surface area contributed by atoms with Crippen molar-refractivity contribution in [2.75, 3.05) is 12.4 Å². The summed E-state index contributed by atoms with van der Waals surface area (Å²) in [6.07, 6.45) is 2.06. The summed E-state index contributed by atoms with van der Waals surface area (Å²) in [5, 5.41) is 0. The zero-order valence-electron chi connectivity index (χ0n) is 9.65. The van der Waals surface area contributed by atoms with Gasteiger partial charge in [0.15, 0.2) is 8.32 Å². The Labute approximate surface area is 93.2 Å². The summed E-state index contributed by atoms with van der Waals surface area (Å²) in [6.45, 7) is 6.61. The number of rotatable bonds is 5. The highest BCUT2D eigenvalue weighted by molar-refractivity contribution is 7.87. The minimum absolute atomic E-state index is 0.0234. The molecular formula is C9H20O4SSi. The highest BCUT2D eigenvalue weighted by Gasteiger charge is 2.34. The molecule has 1 heterocycles. The topological polar surface area (TPSA) is 52.6 Å². The van der Waals surface area contributed by atoms with E-state index in [9.17, 15) is 8.42 Å². The lowest BCUT2D eigenvalue weighted by atomic mass is 10.4. The molecular weight excluding hydrogens is 232 g/mol. The van der Waals surface area contributed by atoms with Crippen molar-refractivity contribution in [2.24, 2.45) is 0 Å². The Balaban J connectivity index is 2.41. The van der Waals surface area contributed by atoms with E-state index >= 15 is 0 Å². The highest BCUT2D eigenvalue weighted by atomic mass is 32.2. The van der Waals surface area contributed by atoms with Crippen molar-refractivity contribution in [3.8, 4) is 0 Å². The Morgan fingerprint density at radius 1 is 1.47 bits per heavy atom. The van der Waals surface area contributed by atoms with E-state index in [-0.39, 0.29) is 18.5 Å². The second-order valence-electron chi connectivity index (χ2n) is 4.61. The first-order valence-corrected chi connectivity index (χ1v) is 10.1. The molecule has 0 spiro atoms. The van der Waals surface area contributed by atoms with Gasteiger partial charge in [0.25, 0.3) is 10.1 Å². The maximum atomic E-state index is 11.1. The molecule has 0 aromatic heterocycles. The van der Waals surface area contributed by atoms with Crippen LogP contribution < -0.4 is 0 Å². The van der Waals surface area contributed by atoms with Crippen molar-refractivity contribution in [1.29, 1.82) is 0 Å². The van der Waals surface area contributed by atoms with Crippen LogP contribution in [0.4, 0.5) is 0 Å². The van der Waals surface area contributed by atoms with Crippen LogP contribution in [0.25, 0.3) is 0 Å². The Bertz CT molecular complexity index is 299. The van der Waals surface area contributed by atoms with Gasteiger partial charge >= 0.3 is 0 Å². The molecule has 0 aromatic carbocycles. The van der Waals surface area contributed by atoms with Gasteiger partial charge in [-0.3, -0.25) is 4.18 Å². The van der Waals surface area contributed by atoms with Gasteiger partial charge < -0.3 is 4.43 Å². The third kappa shape index (κ3) is 4.63. The molecule has 4 nitrogen and oxygen atoms in total. The lowest BCUT2D eigenvalue weighted by Gasteiger charge is -2.25. The van der Waals surface area contributed by atoms with Gasteiger partial charge in [-0.15, -0.1) is 0 Å². The lowest BCUT2D eigenvalue weighted by Crippen LogP contribution is -2.37. The highest BCUT2D eigenvalue weighted by Crippen LogP contribution is 2.21. The number of unbranched alkanes of at least 4 members (excludes halogenated alkanes) is 1. The van der Waals surface area contributed by atoms with Gasteiger partial charge in [0, 0.05) is 0 Å². The molecule has 1 unspecified atom stereocenters. The molecule has 15 heavy (non-hydrogen) atoms. The molecule has 0 bridgehead atoms. The molecule has 0 amide bonds. The Morgan fingerprint density at radius 2 is 2.13 bits per heavy atom. The smallest absolute Gasteiger partial charge is 0.270 e. The molecule has 1 aliphatic rings. The predicted molar refractivity (Wildman–Crippen MR) is 61.8 cm³/mol. The van der Waals surface area contributed by atoms with Crippen LogP contribution in [0.3, 0.4) is 0 Å². The molecule has 0 aromatic rings. The third-order valence-electron chi connectivity index (χ3n) is 2.44. The largest absolute Gasteiger partial charge is 0.411 e. The van der Waals surface area contributed by atoms with E-state index < -0.39 is 18.4 Å². The summed E-state index contributed by atoms with van der Waals surface area (Å²) in [4.78, 5) is 0. The molecule has 1 atom stereocenters. The average Bonchev–Trinajstić information content (AvgIpc) is 2.41. The minimum Gasteiger partial charge on any atom is -0.411 e. The summed E-state index contributed by atoms with van der Waals surface area (Å²) in [5.41, 5.74) is 0. The van der Waals surface area contributed by atoms with E-state index in [0.29, 0.717) is 0 Å². The van der Waals surface area contributed by atoms with E-state index in [1.54, 1.807) is 0 Å². The van der Waals surface area contributed by atoms with Crippen molar-refractivity contribution >= 4 is 18.4 Å². The third-order valence-corrected chi connectivity index (χ3v) is 6.25. The quantitative estimate of drug-likeness (QED) is 0.552. The maximum Gasteiger partial charge on any atom is 0.270 e. The summed E-state index contributed by atoms with van der Waals surface area (Å²) in [7, 11) is -4.99. The Hall–Kier alpha value is 0.0869. The Kier molecular flexibility index (Phi) is 4.34. The molecule has 0 saturated carbocycles.